The van der Waals surface area contributed by atoms with Gasteiger partial charge >= 0.3 is 0 Å². The van der Waals surface area contributed by atoms with Gasteiger partial charge in [0.15, 0.2) is 5.65 Å². The van der Waals surface area contributed by atoms with Gasteiger partial charge in [-0.1, -0.05) is 0 Å². The van der Waals surface area contributed by atoms with Gasteiger partial charge in [0.25, 0.3) is 0 Å². The number of carbonyl (C=O) groups is 1. The second kappa shape index (κ2) is 5.58. The highest BCUT2D eigenvalue weighted by Crippen LogP contribution is 2.10. The van der Waals surface area contributed by atoms with Crippen LogP contribution in [0.15, 0.2) is 18.3 Å². The minimum Gasteiger partial charge on any atom is -0.341 e. The summed E-state index contributed by atoms with van der Waals surface area (Å²) >= 11 is 0. The van der Waals surface area contributed by atoms with Crippen molar-refractivity contribution < 1.29 is 4.79 Å². The maximum Gasteiger partial charge on any atom is 0.223 e. The first-order valence-electron chi connectivity index (χ1n) is 7.03. The fourth-order valence-electron chi connectivity index (χ4n) is 2.56. The lowest BCUT2D eigenvalue weighted by atomic mass is 10.2. The summed E-state index contributed by atoms with van der Waals surface area (Å²) in [6.07, 6.45) is 2.85. The van der Waals surface area contributed by atoms with Crippen LogP contribution < -0.4 is 5.32 Å². The number of aromatic amines is 1. The molecule has 1 atom stereocenters. The molecule has 1 saturated heterocycles. The van der Waals surface area contributed by atoms with E-state index >= 15 is 0 Å². The van der Waals surface area contributed by atoms with E-state index in [9.17, 15) is 4.79 Å². The Hall–Kier alpha value is -1.95. The zero-order valence-corrected chi connectivity index (χ0v) is 11.6. The van der Waals surface area contributed by atoms with E-state index in [0.29, 0.717) is 24.5 Å². The maximum atomic E-state index is 12.2. The third-order valence-electron chi connectivity index (χ3n) is 3.60. The van der Waals surface area contributed by atoms with E-state index in [2.05, 4.69) is 27.2 Å². The average Bonchev–Trinajstić information content (AvgIpc) is 2.87. The van der Waals surface area contributed by atoms with Crippen molar-refractivity contribution in [3.8, 4) is 0 Å². The number of hydrogen-bond acceptors (Lipinski definition) is 4. The molecule has 6 nitrogen and oxygen atoms in total. The number of piperazine rings is 1. The Bertz CT molecular complexity index is 575. The topological polar surface area (TPSA) is 73.9 Å². The van der Waals surface area contributed by atoms with E-state index in [1.54, 1.807) is 6.20 Å². The van der Waals surface area contributed by atoms with Gasteiger partial charge in [-0.15, -0.1) is 0 Å². The molecule has 1 amide bonds. The number of hydrogen-bond donors (Lipinski definition) is 2. The largest absolute Gasteiger partial charge is 0.341 e. The highest BCUT2D eigenvalue weighted by Gasteiger charge is 2.20. The summed E-state index contributed by atoms with van der Waals surface area (Å²) in [5.74, 6) is 1.03. The molecular formula is C14H19N5O. The van der Waals surface area contributed by atoms with Gasteiger partial charge in [-0.2, -0.15) is 0 Å². The number of pyridine rings is 1. The summed E-state index contributed by atoms with van der Waals surface area (Å²) in [5.41, 5.74) is 1.64. The van der Waals surface area contributed by atoms with E-state index in [1.165, 1.54) is 0 Å². The number of amides is 1. The van der Waals surface area contributed by atoms with E-state index < -0.39 is 0 Å². The minimum atomic E-state index is 0.201. The van der Waals surface area contributed by atoms with Crippen molar-refractivity contribution in [1.29, 1.82) is 0 Å². The van der Waals surface area contributed by atoms with Crippen molar-refractivity contribution in [3.63, 3.8) is 0 Å². The molecule has 3 heterocycles. The lowest BCUT2D eigenvalue weighted by molar-refractivity contribution is -0.132. The lowest BCUT2D eigenvalue weighted by Crippen LogP contribution is -2.51. The van der Waals surface area contributed by atoms with E-state index in [-0.39, 0.29) is 5.91 Å². The molecule has 106 valence electrons. The average molecular weight is 273 g/mol. The first-order chi connectivity index (χ1) is 9.72. The minimum absolute atomic E-state index is 0.201. The molecule has 2 N–H and O–H groups in total. The monoisotopic (exact) mass is 273 g/mol. The molecular weight excluding hydrogens is 254 g/mol. The number of aryl methyl sites for hydroxylation is 1. The number of rotatable bonds is 3. The van der Waals surface area contributed by atoms with Crippen LogP contribution in [0.4, 0.5) is 0 Å². The number of fused-ring (bicyclic) bond motifs is 1. The van der Waals surface area contributed by atoms with Crippen molar-refractivity contribution in [3.05, 3.63) is 24.2 Å². The Morgan fingerprint density at radius 2 is 2.45 bits per heavy atom. The Kier molecular flexibility index (Phi) is 3.64. The number of aromatic nitrogens is 3. The van der Waals surface area contributed by atoms with Crippen LogP contribution in [0.5, 0.6) is 0 Å². The number of carbonyl (C=O) groups excluding carboxylic acids is 1. The maximum absolute atomic E-state index is 12.2. The van der Waals surface area contributed by atoms with Crippen LogP contribution in [0, 0.1) is 0 Å². The van der Waals surface area contributed by atoms with Gasteiger partial charge in [-0.05, 0) is 19.1 Å². The number of nitrogens with zero attached hydrogens (tertiary/aromatic N) is 3. The Labute approximate surface area is 117 Å². The van der Waals surface area contributed by atoms with Crippen LogP contribution in [0.2, 0.25) is 0 Å². The van der Waals surface area contributed by atoms with Crippen LogP contribution in [0.25, 0.3) is 11.2 Å². The van der Waals surface area contributed by atoms with E-state index in [0.717, 1.165) is 31.0 Å². The number of H-pyrrole nitrogens is 1. The molecule has 2 aromatic rings. The fraction of sp³-hybridized carbons (Fsp3) is 0.500. The normalized spacial score (nSPS) is 19.4. The molecule has 1 unspecified atom stereocenters. The van der Waals surface area contributed by atoms with E-state index in [4.69, 9.17) is 0 Å². The molecule has 0 saturated carbocycles. The number of imidazole rings is 1. The van der Waals surface area contributed by atoms with Gasteiger partial charge in [0, 0.05) is 44.7 Å². The first kappa shape index (κ1) is 13.1. The highest BCUT2D eigenvalue weighted by molar-refractivity contribution is 5.77. The molecule has 20 heavy (non-hydrogen) atoms. The van der Waals surface area contributed by atoms with Crippen molar-refractivity contribution in [2.24, 2.45) is 0 Å². The predicted molar refractivity (Wildman–Crippen MR) is 76.3 cm³/mol. The molecule has 2 aromatic heterocycles. The van der Waals surface area contributed by atoms with Gasteiger partial charge in [-0.25, -0.2) is 9.97 Å². The van der Waals surface area contributed by atoms with Crippen LogP contribution >= 0.6 is 0 Å². The number of nitrogens with one attached hydrogen (secondary N) is 2. The van der Waals surface area contributed by atoms with Gasteiger partial charge in [-0.3, -0.25) is 4.79 Å². The van der Waals surface area contributed by atoms with Gasteiger partial charge in [0.1, 0.15) is 5.82 Å². The van der Waals surface area contributed by atoms with Crippen molar-refractivity contribution >= 4 is 17.1 Å². The zero-order valence-electron chi connectivity index (χ0n) is 11.6. The predicted octanol–water partition coefficient (Wildman–Crippen LogP) is 0.711. The van der Waals surface area contributed by atoms with Crippen LogP contribution in [-0.2, 0) is 11.2 Å². The van der Waals surface area contributed by atoms with Crippen molar-refractivity contribution in [2.45, 2.75) is 25.8 Å². The van der Waals surface area contributed by atoms with Crippen LogP contribution in [-0.4, -0.2) is 51.4 Å². The second-order valence-corrected chi connectivity index (χ2v) is 5.25. The molecule has 1 aliphatic heterocycles. The quantitative estimate of drug-likeness (QED) is 0.864. The summed E-state index contributed by atoms with van der Waals surface area (Å²) in [7, 11) is 0. The summed E-state index contributed by atoms with van der Waals surface area (Å²) in [6.45, 7) is 4.57. The van der Waals surface area contributed by atoms with Gasteiger partial charge in [0.2, 0.25) is 5.91 Å². The molecule has 1 aliphatic rings. The molecule has 6 heteroatoms. The third kappa shape index (κ3) is 2.80. The molecule has 0 aromatic carbocycles. The Morgan fingerprint density at radius 3 is 3.25 bits per heavy atom. The van der Waals surface area contributed by atoms with Crippen molar-refractivity contribution in [2.75, 3.05) is 19.6 Å². The molecule has 0 aliphatic carbocycles. The zero-order chi connectivity index (χ0) is 13.9. The van der Waals surface area contributed by atoms with Crippen LogP contribution in [0.1, 0.15) is 19.2 Å². The molecule has 3 rings (SSSR count). The Morgan fingerprint density at radius 1 is 1.55 bits per heavy atom. The molecule has 0 bridgehead atoms. The van der Waals surface area contributed by atoms with Crippen molar-refractivity contribution in [1.82, 2.24) is 25.2 Å². The third-order valence-corrected chi connectivity index (χ3v) is 3.60. The van der Waals surface area contributed by atoms with Crippen LogP contribution in [0.3, 0.4) is 0 Å². The molecule has 0 radical (unpaired) electrons. The highest BCUT2D eigenvalue weighted by atomic mass is 16.2. The Balaban J connectivity index is 1.59. The van der Waals surface area contributed by atoms with E-state index in [1.807, 2.05) is 17.0 Å². The first-order valence-corrected chi connectivity index (χ1v) is 7.03. The molecule has 1 fully saturated rings. The van der Waals surface area contributed by atoms with Gasteiger partial charge in [0.05, 0.1) is 5.52 Å². The molecule has 0 spiro atoms. The second-order valence-electron chi connectivity index (χ2n) is 5.25. The SMILES string of the molecule is CC1CN(C(=O)CCc2nc3ncccc3[nH]2)CCN1. The fourth-order valence-corrected chi connectivity index (χ4v) is 2.56. The standard InChI is InChI=1S/C14H19N5O/c1-10-9-19(8-7-15-10)13(20)5-4-12-17-11-3-2-6-16-14(11)18-12/h2-3,6,10,15H,4-5,7-9H2,1H3,(H,16,17,18). The summed E-state index contributed by atoms with van der Waals surface area (Å²) in [4.78, 5) is 25.9. The summed E-state index contributed by atoms with van der Waals surface area (Å²) in [5, 5.41) is 3.34. The summed E-state index contributed by atoms with van der Waals surface area (Å²) < 4.78 is 0. The lowest BCUT2D eigenvalue weighted by Gasteiger charge is -2.31. The van der Waals surface area contributed by atoms with Gasteiger partial charge < -0.3 is 15.2 Å². The summed E-state index contributed by atoms with van der Waals surface area (Å²) in [6, 6.07) is 4.19. The smallest absolute Gasteiger partial charge is 0.223 e.